The zero-order chi connectivity index (χ0) is 15.1. The van der Waals surface area contributed by atoms with Crippen molar-refractivity contribution in [3.63, 3.8) is 0 Å². The zero-order valence-corrected chi connectivity index (χ0v) is 12.0. The van der Waals surface area contributed by atoms with E-state index in [2.05, 4.69) is 10.6 Å². The van der Waals surface area contributed by atoms with Crippen LogP contribution in [0.25, 0.3) is 0 Å². The summed E-state index contributed by atoms with van der Waals surface area (Å²) in [7, 11) is 0. The Morgan fingerprint density at radius 2 is 2.05 bits per heavy atom. The monoisotopic (exact) mass is 291 g/mol. The van der Waals surface area contributed by atoms with Gasteiger partial charge in [-0.1, -0.05) is 18.2 Å². The number of nitrogens with zero attached hydrogens (tertiary/aromatic N) is 1. The number of nitro groups is 1. The molecule has 0 aromatic heterocycles. The molecule has 0 spiro atoms. The summed E-state index contributed by atoms with van der Waals surface area (Å²) < 4.78 is 0. The lowest BCUT2D eigenvalue weighted by Crippen LogP contribution is -2.29. The first-order chi connectivity index (χ1) is 10.2. The number of hydrogen-bond acceptors (Lipinski definition) is 4. The van der Waals surface area contributed by atoms with Crippen LogP contribution in [0.1, 0.15) is 31.2 Å². The Kier molecular flexibility index (Phi) is 5.68. The van der Waals surface area contributed by atoms with Crippen LogP contribution >= 0.6 is 0 Å². The maximum Gasteiger partial charge on any atom is 0.274 e. The number of amides is 1. The lowest BCUT2D eigenvalue weighted by Gasteiger charge is -2.22. The standard InChI is InChI=1S/C15H21N3O3/c19-15(6-5-12-7-9-16-10-8-12)17-11-13-3-1-2-4-14(13)18(20)21/h1-4,12,16H,5-11H2,(H,17,19). The van der Waals surface area contributed by atoms with Crippen LogP contribution in [-0.4, -0.2) is 23.9 Å². The molecule has 0 bridgehead atoms. The molecule has 1 amide bonds. The van der Waals surface area contributed by atoms with Crippen molar-refractivity contribution in [2.45, 2.75) is 32.2 Å². The van der Waals surface area contributed by atoms with E-state index in [-0.39, 0.29) is 18.1 Å². The molecule has 1 aliphatic rings. The third kappa shape index (κ3) is 4.82. The highest BCUT2D eigenvalue weighted by atomic mass is 16.6. The van der Waals surface area contributed by atoms with Gasteiger partial charge in [0, 0.05) is 24.6 Å². The van der Waals surface area contributed by atoms with Crippen LogP contribution in [0.5, 0.6) is 0 Å². The van der Waals surface area contributed by atoms with Gasteiger partial charge in [-0.25, -0.2) is 0 Å². The zero-order valence-electron chi connectivity index (χ0n) is 12.0. The Balaban J connectivity index is 1.77. The molecule has 0 unspecified atom stereocenters. The Morgan fingerprint density at radius 3 is 2.76 bits per heavy atom. The van der Waals surface area contributed by atoms with Crippen LogP contribution in [0.3, 0.4) is 0 Å². The molecule has 0 radical (unpaired) electrons. The summed E-state index contributed by atoms with van der Waals surface area (Å²) in [6, 6.07) is 6.49. The van der Waals surface area contributed by atoms with Crippen molar-refractivity contribution >= 4 is 11.6 Å². The van der Waals surface area contributed by atoms with Gasteiger partial charge in [0.25, 0.3) is 5.69 Å². The minimum absolute atomic E-state index is 0.0355. The van der Waals surface area contributed by atoms with Crippen molar-refractivity contribution < 1.29 is 9.72 Å². The van der Waals surface area contributed by atoms with Gasteiger partial charge in [-0.05, 0) is 38.3 Å². The summed E-state index contributed by atoms with van der Waals surface area (Å²) in [5.41, 5.74) is 0.592. The highest BCUT2D eigenvalue weighted by molar-refractivity contribution is 5.76. The Labute approximate surface area is 124 Å². The molecule has 2 N–H and O–H groups in total. The van der Waals surface area contributed by atoms with Crippen molar-refractivity contribution in [1.29, 1.82) is 0 Å². The van der Waals surface area contributed by atoms with Crippen molar-refractivity contribution in [1.82, 2.24) is 10.6 Å². The molecule has 1 fully saturated rings. The van der Waals surface area contributed by atoms with E-state index in [1.807, 2.05) is 0 Å². The second kappa shape index (κ2) is 7.73. The Morgan fingerprint density at radius 1 is 1.33 bits per heavy atom. The molecule has 1 heterocycles. The van der Waals surface area contributed by atoms with Gasteiger partial charge in [0.05, 0.1) is 4.92 Å². The first-order valence-corrected chi connectivity index (χ1v) is 7.36. The molecular weight excluding hydrogens is 270 g/mol. The molecule has 21 heavy (non-hydrogen) atoms. The number of nitro benzene ring substituents is 1. The van der Waals surface area contributed by atoms with E-state index in [4.69, 9.17) is 0 Å². The molecule has 1 aliphatic heterocycles. The van der Waals surface area contributed by atoms with Crippen LogP contribution in [-0.2, 0) is 11.3 Å². The lowest BCUT2D eigenvalue weighted by molar-refractivity contribution is -0.385. The van der Waals surface area contributed by atoms with Gasteiger partial charge in [-0.15, -0.1) is 0 Å². The first-order valence-electron chi connectivity index (χ1n) is 7.36. The molecule has 1 aromatic rings. The van der Waals surface area contributed by atoms with Gasteiger partial charge in [0.15, 0.2) is 0 Å². The molecule has 1 saturated heterocycles. The Bertz CT molecular complexity index is 499. The summed E-state index contributed by atoms with van der Waals surface area (Å²) in [4.78, 5) is 22.3. The van der Waals surface area contributed by atoms with Crippen molar-refractivity contribution in [2.75, 3.05) is 13.1 Å². The van der Waals surface area contributed by atoms with Crippen LogP contribution < -0.4 is 10.6 Å². The largest absolute Gasteiger partial charge is 0.352 e. The van der Waals surface area contributed by atoms with Crippen LogP contribution in [0.4, 0.5) is 5.69 Å². The number of hydrogen-bond donors (Lipinski definition) is 2. The molecule has 6 heteroatoms. The van der Waals surface area contributed by atoms with Gasteiger partial charge in [-0.3, -0.25) is 14.9 Å². The molecule has 114 valence electrons. The molecular formula is C15H21N3O3. The van der Waals surface area contributed by atoms with Crippen LogP contribution in [0, 0.1) is 16.0 Å². The summed E-state index contributed by atoms with van der Waals surface area (Å²) in [5, 5.41) is 17.0. The van der Waals surface area contributed by atoms with Gasteiger partial charge in [0.1, 0.15) is 0 Å². The van der Waals surface area contributed by atoms with E-state index in [1.165, 1.54) is 6.07 Å². The minimum Gasteiger partial charge on any atom is -0.352 e. The maximum atomic E-state index is 11.8. The smallest absolute Gasteiger partial charge is 0.274 e. The maximum absolute atomic E-state index is 11.8. The molecule has 2 rings (SSSR count). The van der Waals surface area contributed by atoms with Gasteiger partial charge in [-0.2, -0.15) is 0 Å². The predicted octanol–water partition coefficient (Wildman–Crippen LogP) is 1.99. The molecule has 1 aromatic carbocycles. The van der Waals surface area contributed by atoms with Gasteiger partial charge >= 0.3 is 0 Å². The fourth-order valence-electron chi connectivity index (χ4n) is 2.63. The first kappa shape index (κ1) is 15.4. The number of para-hydroxylation sites is 1. The highest BCUT2D eigenvalue weighted by Crippen LogP contribution is 2.19. The van der Waals surface area contributed by atoms with Crippen molar-refractivity contribution in [2.24, 2.45) is 5.92 Å². The van der Waals surface area contributed by atoms with E-state index in [9.17, 15) is 14.9 Å². The number of carbonyl (C=O) groups is 1. The normalized spacial score (nSPS) is 15.6. The third-order valence-electron chi connectivity index (χ3n) is 3.90. The Hall–Kier alpha value is -1.95. The molecule has 0 aliphatic carbocycles. The highest BCUT2D eigenvalue weighted by Gasteiger charge is 2.16. The molecule has 0 atom stereocenters. The SMILES string of the molecule is O=C(CCC1CCNCC1)NCc1ccccc1[N+](=O)[O-]. The average Bonchev–Trinajstić information content (AvgIpc) is 2.52. The quantitative estimate of drug-likeness (QED) is 0.620. The number of carbonyl (C=O) groups excluding carboxylic acids is 1. The summed E-state index contributed by atoms with van der Waals surface area (Å²) in [5.74, 6) is 0.578. The minimum atomic E-state index is -0.420. The topological polar surface area (TPSA) is 84.3 Å². The van der Waals surface area contributed by atoms with E-state index < -0.39 is 4.92 Å². The van der Waals surface area contributed by atoms with E-state index in [1.54, 1.807) is 18.2 Å². The average molecular weight is 291 g/mol. The van der Waals surface area contributed by atoms with Crippen molar-refractivity contribution in [3.8, 4) is 0 Å². The van der Waals surface area contributed by atoms with Gasteiger partial charge in [0.2, 0.25) is 5.91 Å². The fourth-order valence-corrected chi connectivity index (χ4v) is 2.63. The van der Waals surface area contributed by atoms with Crippen LogP contribution in [0.2, 0.25) is 0 Å². The van der Waals surface area contributed by atoms with Gasteiger partial charge < -0.3 is 10.6 Å². The number of nitrogens with one attached hydrogen (secondary N) is 2. The van der Waals surface area contributed by atoms with E-state index in [0.717, 1.165) is 32.4 Å². The number of piperidine rings is 1. The number of rotatable bonds is 6. The number of benzene rings is 1. The third-order valence-corrected chi connectivity index (χ3v) is 3.90. The predicted molar refractivity (Wildman–Crippen MR) is 79.8 cm³/mol. The van der Waals surface area contributed by atoms with E-state index >= 15 is 0 Å². The fraction of sp³-hybridized carbons (Fsp3) is 0.533. The molecule has 6 nitrogen and oxygen atoms in total. The lowest BCUT2D eigenvalue weighted by atomic mass is 9.93. The summed E-state index contributed by atoms with van der Waals surface area (Å²) in [6.07, 6.45) is 3.63. The van der Waals surface area contributed by atoms with Crippen LogP contribution in [0.15, 0.2) is 24.3 Å². The second-order valence-corrected chi connectivity index (χ2v) is 5.39. The summed E-state index contributed by atoms with van der Waals surface area (Å²) in [6.45, 7) is 2.27. The molecule has 0 saturated carbocycles. The second-order valence-electron chi connectivity index (χ2n) is 5.39. The van der Waals surface area contributed by atoms with Crippen molar-refractivity contribution in [3.05, 3.63) is 39.9 Å². The van der Waals surface area contributed by atoms with E-state index in [0.29, 0.717) is 17.9 Å². The summed E-state index contributed by atoms with van der Waals surface area (Å²) >= 11 is 0.